The molecular weight excluding hydrogens is 372 g/mol. The summed E-state index contributed by atoms with van der Waals surface area (Å²) in [5.74, 6) is 0. The quantitative estimate of drug-likeness (QED) is 0.286. The summed E-state index contributed by atoms with van der Waals surface area (Å²) in [4.78, 5) is 0. The van der Waals surface area contributed by atoms with Gasteiger partial charge in [0.1, 0.15) is 0 Å². The summed E-state index contributed by atoms with van der Waals surface area (Å²) >= 11 is 0. The molecule has 0 heteroatoms. The normalized spacial score (nSPS) is 11.4. The van der Waals surface area contributed by atoms with Crippen LogP contribution in [0.2, 0.25) is 0 Å². The van der Waals surface area contributed by atoms with Gasteiger partial charge in [0.25, 0.3) is 0 Å². The van der Waals surface area contributed by atoms with Gasteiger partial charge < -0.3 is 0 Å². The molecule has 0 aliphatic carbocycles. The lowest BCUT2D eigenvalue weighted by Gasteiger charge is -2.04. The topological polar surface area (TPSA) is 0 Å². The Bertz CT molecular complexity index is 1170. The summed E-state index contributed by atoms with van der Waals surface area (Å²) in [5, 5.41) is 0. The second kappa shape index (κ2) is 9.91. The zero-order valence-corrected chi connectivity index (χ0v) is 18.3. The highest BCUT2D eigenvalue weighted by atomic mass is 14.0. The van der Waals surface area contributed by atoms with Crippen molar-refractivity contribution >= 4 is 24.3 Å². The third-order valence-corrected chi connectivity index (χ3v) is 5.42. The average Bonchev–Trinajstić information content (AvgIpc) is 2.79. The van der Waals surface area contributed by atoms with E-state index in [0.717, 1.165) is 6.42 Å². The first-order valence-electron chi connectivity index (χ1n) is 10.8. The van der Waals surface area contributed by atoms with E-state index in [1.165, 1.54) is 44.5 Å². The van der Waals surface area contributed by atoms with Gasteiger partial charge in [-0.1, -0.05) is 132 Å². The van der Waals surface area contributed by atoms with Crippen LogP contribution in [-0.4, -0.2) is 0 Å². The molecule has 4 rings (SSSR count). The molecule has 0 spiro atoms. The maximum atomic E-state index is 2.26. The Kier molecular flexibility index (Phi) is 6.59. The van der Waals surface area contributed by atoms with Crippen molar-refractivity contribution in [3.05, 3.63) is 142 Å². The first kappa shape index (κ1) is 20.6. The molecule has 4 aromatic carbocycles. The monoisotopic (exact) mass is 400 g/mol. The van der Waals surface area contributed by atoms with Crippen LogP contribution in [0.3, 0.4) is 0 Å². The fourth-order valence-electron chi connectivity index (χ4n) is 3.59. The van der Waals surface area contributed by atoms with E-state index < -0.39 is 0 Å². The van der Waals surface area contributed by atoms with Crippen molar-refractivity contribution in [1.29, 1.82) is 0 Å². The maximum Gasteiger partial charge on any atom is -0.00257 e. The first-order chi connectivity index (χ1) is 15.1. The van der Waals surface area contributed by atoms with E-state index in [1.807, 2.05) is 0 Å². The van der Waals surface area contributed by atoms with Crippen molar-refractivity contribution in [3.63, 3.8) is 0 Å². The average molecular weight is 401 g/mol. The van der Waals surface area contributed by atoms with Crippen molar-refractivity contribution in [3.8, 4) is 0 Å². The highest BCUT2D eigenvalue weighted by Crippen LogP contribution is 2.15. The highest BCUT2D eigenvalue weighted by Gasteiger charge is 1.97. The van der Waals surface area contributed by atoms with Gasteiger partial charge in [-0.3, -0.25) is 0 Å². The molecule has 0 aliphatic heterocycles. The Labute approximate surface area is 186 Å². The van der Waals surface area contributed by atoms with E-state index in [4.69, 9.17) is 0 Å². The van der Waals surface area contributed by atoms with Crippen molar-refractivity contribution in [2.45, 2.75) is 20.3 Å². The molecular formula is C31H28. The molecule has 31 heavy (non-hydrogen) atoms. The predicted octanol–water partition coefficient (Wildman–Crippen LogP) is 8.24. The smallest absolute Gasteiger partial charge is 0.00257 e. The lowest BCUT2D eigenvalue weighted by atomic mass is 10.0. The van der Waals surface area contributed by atoms with E-state index in [1.54, 1.807) is 0 Å². The lowest BCUT2D eigenvalue weighted by Crippen LogP contribution is -1.88. The Hall–Kier alpha value is -3.64. The van der Waals surface area contributed by atoms with Crippen LogP contribution in [-0.2, 0) is 6.42 Å². The molecule has 0 unspecified atom stereocenters. The predicted molar refractivity (Wildman–Crippen MR) is 136 cm³/mol. The van der Waals surface area contributed by atoms with Crippen LogP contribution in [0.25, 0.3) is 24.3 Å². The number of rotatable bonds is 6. The molecule has 0 amide bonds. The minimum Gasteiger partial charge on any atom is -0.0617 e. The highest BCUT2D eigenvalue weighted by molar-refractivity contribution is 5.73. The van der Waals surface area contributed by atoms with Gasteiger partial charge in [0, 0.05) is 0 Å². The second-order valence-corrected chi connectivity index (χ2v) is 8.15. The van der Waals surface area contributed by atoms with Crippen LogP contribution >= 0.6 is 0 Å². The Morgan fingerprint density at radius 2 is 0.903 bits per heavy atom. The fourth-order valence-corrected chi connectivity index (χ4v) is 3.59. The molecule has 0 bridgehead atoms. The third-order valence-electron chi connectivity index (χ3n) is 5.42. The number of benzene rings is 4. The summed E-state index contributed by atoms with van der Waals surface area (Å²) in [6.45, 7) is 4.25. The molecule has 0 saturated heterocycles. The molecule has 0 N–H and O–H groups in total. The van der Waals surface area contributed by atoms with E-state index in [9.17, 15) is 0 Å². The fraction of sp³-hybridized carbons (Fsp3) is 0.0968. The molecule has 4 aromatic rings. The Morgan fingerprint density at radius 1 is 0.452 bits per heavy atom. The van der Waals surface area contributed by atoms with E-state index in [-0.39, 0.29) is 0 Å². The number of hydrogen-bond acceptors (Lipinski definition) is 0. The van der Waals surface area contributed by atoms with Gasteiger partial charge >= 0.3 is 0 Å². The standard InChI is InChI=1S/C31H28/c1-24-6-8-26(9-7-24)10-11-27-12-14-28(15-13-27)16-17-29-18-20-30(21-19-29)23-31-5-3-4-25(2)22-31/h3-22H,23H2,1-2H3. The molecule has 152 valence electrons. The van der Waals surface area contributed by atoms with Gasteiger partial charge in [0.15, 0.2) is 0 Å². The SMILES string of the molecule is Cc1ccc(C=Cc2ccc(C=Cc3ccc(Cc4cccc(C)c4)cc3)cc2)cc1. The van der Waals surface area contributed by atoms with Gasteiger partial charge in [0.05, 0.1) is 0 Å². The minimum atomic E-state index is 0.975. The molecule has 0 fully saturated rings. The molecule has 0 atom stereocenters. The minimum absolute atomic E-state index is 0.975. The summed E-state index contributed by atoms with van der Waals surface area (Å²) in [6.07, 6.45) is 9.63. The third kappa shape index (κ3) is 6.17. The summed E-state index contributed by atoms with van der Waals surface area (Å²) < 4.78 is 0. The Balaban J connectivity index is 1.36. The molecule has 0 aliphatic rings. The molecule has 0 heterocycles. The van der Waals surface area contributed by atoms with Gasteiger partial charge in [-0.15, -0.1) is 0 Å². The van der Waals surface area contributed by atoms with Crippen LogP contribution in [0, 0.1) is 13.8 Å². The van der Waals surface area contributed by atoms with Gasteiger partial charge in [-0.05, 0) is 53.6 Å². The van der Waals surface area contributed by atoms with E-state index in [0.29, 0.717) is 0 Å². The van der Waals surface area contributed by atoms with Crippen molar-refractivity contribution in [2.75, 3.05) is 0 Å². The Morgan fingerprint density at radius 3 is 1.39 bits per heavy atom. The van der Waals surface area contributed by atoms with Gasteiger partial charge in [0.2, 0.25) is 0 Å². The van der Waals surface area contributed by atoms with Crippen LogP contribution in [0.15, 0.2) is 97.1 Å². The molecule has 0 radical (unpaired) electrons. The lowest BCUT2D eigenvalue weighted by molar-refractivity contribution is 1.18. The van der Waals surface area contributed by atoms with Crippen molar-refractivity contribution in [1.82, 2.24) is 0 Å². The van der Waals surface area contributed by atoms with E-state index in [2.05, 4.69) is 135 Å². The maximum absolute atomic E-state index is 2.26. The molecule has 0 saturated carbocycles. The zero-order valence-electron chi connectivity index (χ0n) is 18.3. The second-order valence-electron chi connectivity index (χ2n) is 8.15. The van der Waals surface area contributed by atoms with Gasteiger partial charge in [-0.25, -0.2) is 0 Å². The van der Waals surface area contributed by atoms with Crippen molar-refractivity contribution in [2.24, 2.45) is 0 Å². The summed E-state index contributed by atoms with van der Waals surface area (Å²) in [6, 6.07) is 34.8. The first-order valence-corrected chi connectivity index (χ1v) is 10.8. The van der Waals surface area contributed by atoms with Crippen LogP contribution in [0.4, 0.5) is 0 Å². The number of hydrogen-bond donors (Lipinski definition) is 0. The number of aryl methyl sites for hydroxylation is 2. The largest absolute Gasteiger partial charge is 0.0617 e. The van der Waals surface area contributed by atoms with Crippen LogP contribution < -0.4 is 0 Å². The zero-order chi connectivity index (χ0) is 21.5. The summed E-state index contributed by atoms with van der Waals surface area (Å²) in [5.41, 5.74) is 10.2. The molecule has 0 aromatic heterocycles. The molecule has 0 nitrogen and oxygen atoms in total. The van der Waals surface area contributed by atoms with Crippen molar-refractivity contribution < 1.29 is 0 Å². The van der Waals surface area contributed by atoms with Gasteiger partial charge in [-0.2, -0.15) is 0 Å². The van der Waals surface area contributed by atoms with Crippen LogP contribution in [0.5, 0.6) is 0 Å². The van der Waals surface area contributed by atoms with Crippen LogP contribution in [0.1, 0.15) is 44.5 Å². The van der Waals surface area contributed by atoms with E-state index >= 15 is 0 Å². The summed E-state index contributed by atoms with van der Waals surface area (Å²) in [7, 11) is 0.